The van der Waals surface area contributed by atoms with Gasteiger partial charge in [0.15, 0.2) is 0 Å². The Labute approximate surface area is 170 Å². The van der Waals surface area contributed by atoms with Gasteiger partial charge < -0.3 is 9.64 Å². The molecule has 1 fully saturated rings. The van der Waals surface area contributed by atoms with E-state index in [4.69, 9.17) is 4.74 Å². The van der Waals surface area contributed by atoms with Crippen molar-refractivity contribution in [2.75, 3.05) is 18.8 Å². The fraction of sp³-hybridized carbons (Fsp3) is 0.450. The average molecular weight is 423 g/mol. The molecule has 0 radical (unpaired) electrons. The van der Waals surface area contributed by atoms with Gasteiger partial charge in [-0.05, 0) is 42.7 Å². The SMILES string of the molecule is C[C@@H](Cc1cccs1)NS(=O)(=O)C[C@H]1CCN(C(=O)OCc2ccccc2)C1. The second kappa shape index (κ2) is 9.54. The molecule has 1 aromatic carbocycles. The van der Waals surface area contributed by atoms with E-state index in [1.54, 1.807) is 16.2 Å². The first-order chi connectivity index (χ1) is 13.4. The molecule has 2 atom stereocenters. The van der Waals surface area contributed by atoms with Crippen LogP contribution in [0.2, 0.25) is 0 Å². The summed E-state index contributed by atoms with van der Waals surface area (Å²) in [6, 6.07) is 13.3. The second-order valence-electron chi connectivity index (χ2n) is 7.22. The molecule has 6 nitrogen and oxygen atoms in total. The molecule has 1 aliphatic heterocycles. The summed E-state index contributed by atoms with van der Waals surface area (Å²) in [6.07, 6.45) is 0.961. The van der Waals surface area contributed by atoms with Crippen LogP contribution in [-0.4, -0.2) is 44.3 Å². The normalized spacial score (nSPS) is 18.2. The topological polar surface area (TPSA) is 75.7 Å². The molecule has 152 valence electrons. The van der Waals surface area contributed by atoms with Gasteiger partial charge in [-0.2, -0.15) is 0 Å². The summed E-state index contributed by atoms with van der Waals surface area (Å²) in [5.74, 6) is -0.0414. The summed E-state index contributed by atoms with van der Waals surface area (Å²) in [6.45, 7) is 3.03. The molecule has 0 unspecified atom stereocenters. The Bertz CT molecular complexity index is 854. The fourth-order valence-corrected chi connectivity index (χ4v) is 5.90. The lowest BCUT2D eigenvalue weighted by Gasteiger charge is -2.18. The number of rotatable bonds is 8. The predicted molar refractivity (Wildman–Crippen MR) is 111 cm³/mol. The molecule has 1 saturated heterocycles. The van der Waals surface area contributed by atoms with E-state index in [2.05, 4.69) is 4.72 Å². The Kier molecular flexibility index (Phi) is 7.09. The highest BCUT2D eigenvalue weighted by molar-refractivity contribution is 7.89. The van der Waals surface area contributed by atoms with Crippen molar-refractivity contribution in [3.8, 4) is 0 Å². The predicted octanol–water partition coefficient (Wildman–Crippen LogP) is 3.26. The van der Waals surface area contributed by atoms with Crippen LogP contribution >= 0.6 is 11.3 Å². The highest BCUT2D eigenvalue weighted by atomic mass is 32.2. The van der Waals surface area contributed by atoms with Gasteiger partial charge in [0.05, 0.1) is 5.75 Å². The number of hydrogen-bond acceptors (Lipinski definition) is 5. The molecule has 0 aliphatic carbocycles. The summed E-state index contributed by atoms with van der Waals surface area (Å²) in [4.78, 5) is 15.0. The van der Waals surface area contributed by atoms with E-state index in [0.717, 1.165) is 10.4 Å². The number of likely N-dealkylation sites (tertiary alicyclic amines) is 1. The minimum atomic E-state index is -3.40. The first kappa shape index (κ1) is 20.8. The zero-order chi connectivity index (χ0) is 20.0. The van der Waals surface area contributed by atoms with Crippen LogP contribution in [0.4, 0.5) is 4.79 Å². The molecule has 1 amide bonds. The Hall–Kier alpha value is -1.90. The number of sulfonamides is 1. The zero-order valence-electron chi connectivity index (χ0n) is 15.9. The van der Waals surface area contributed by atoms with Gasteiger partial charge in [0.2, 0.25) is 10.0 Å². The highest BCUT2D eigenvalue weighted by Crippen LogP contribution is 2.20. The number of nitrogens with one attached hydrogen (secondary N) is 1. The van der Waals surface area contributed by atoms with Crippen molar-refractivity contribution in [2.24, 2.45) is 5.92 Å². The minimum Gasteiger partial charge on any atom is -0.445 e. The molecule has 1 aliphatic rings. The number of ether oxygens (including phenoxy) is 1. The van der Waals surface area contributed by atoms with Crippen molar-refractivity contribution in [2.45, 2.75) is 32.4 Å². The van der Waals surface area contributed by atoms with E-state index in [0.29, 0.717) is 25.9 Å². The van der Waals surface area contributed by atoms with E-state index in [-0.39, 0.29) is 30.4 Å². The third-order valence-corrected chi connectivity index (χ3v) is 7.24. The number of carbonyl (C=O) groups is 1. The van der Waals surface area contributed by atoms with E-state index < -0.39 is 10.0 Å². The van der Waals surface area contributed by atoms with E-state index in [1.807, 2.05) is 54.8 Å². The van der Waals surface area contributed by atoms with Crippen LogP contribution in [0, 0.1) is 5.92 Å². The van der Waals surface area contributed by atoms with Crippen molar-refractivity contribution >= 4 is 27.5 Å². The molecule has 0 bridgehead atoms. The van der Waals surface area contributed by atoms with E-state index in [1.165, 1.54) is 0 Å². The molecule has 28 heavy (non-hydrogen) atoms. The van der Waals surface area contributed by atoms with Gasteiger partial charge in [0.25, 0.3) is 0 Å². The summed E-state index contributed by atoms with van der Waals surface area (Å²) >= 11 is 1.62. The highest BCUT2D eigenvalue weighted by Gasteiger charge is 2.31. The summed E-state index contributed by atoms with van der Waals surface area (Å²) < 4.78 is 33.0. The molecule has 2 aromatic rings. The van der Waals surface area contributed by atoms with Crippen LogP contribution in [0.25, 0.3) is 0 Å². The number of nitrogens with zero attached hydrogens (tertiary/aromatic N) is 1. The molecule has 1 N–H and O–H groups in total. The molecule has 1 aromatic heterocycles. The number of thiophene rings is 1. The molecule has 8 heteroatoms. The second-order valence-corrected chi connectivity index (χ2v) is 10.1. The van der Waals surface area contributed by atoms with Gasteiger partial charge in [-0.1, -0.05) is 36.4 Å². The largest absolute Gasteiger partial charge is 0.445 e. The fourth-order valence-electron chi connectivity index (χ4n) is 3.38. The number of benzene rings is 1. The smallest absolute Gasteiger partial charge is 0.410 e. The van der Waals surface area contributed by atoms with Gasteiger partial charge in [-0.25, -0.2) is 17.9 Å². The van der Waals surface area contributed by atoms with Gasteiger partial charge in [0.1, 0.15) is 6.61 Å². The Morgan fingerprint density at radius 3 is 2.79 bits per heavy atom. The lowest BCUT2D eigenvalue weighted by Crippen LogP contribution is -2.38. The van der Waals surface area contributed by atoms with Gasteiger partial charge in [0, 0.05) is 24.0 Å². The van der Waals surface area contributed by atoms with Crippen molar-refractivity contribution in [1.82, 2.24) is 9.62 Å². The third kappa shape index (κ3) is 6.32. The van der Waals surface area contributed by atoms with E-state index in [9.17, 15) is 13.2 Å². The molecule has 3 rings (SSSR count). The zero-order valence-corrected chi connectivity index (χ0v) is 17.5. The number of carbonyl (C=O) groups excluding carboxylic acids is 1. The van der Waals surface area contributed by atoms with Crippen molar-refractivity contribution in [3.63, 3.8) is 0 Å². The Morgan fingerprint density at radius 1 is 1.29 bits per heavy atom. The van der Waals surface area contributed by atoms with Gasteiger partial charge >= 0.3 is 6.09 Å². The molecule has 2 heterocycles. The Balaban J connectivity index is 1.43. The maximum atomic E-state index is 12.5. The first-order valence-electron chi connectivity index (χ1n) is 9.39. The van der Waals surface area contributed by atoms with Gasteiger partial charge in [-0.15, -0.1) is 11.3 Å². The van der Waals surface area contributed by atoms with Crippen LogP contribution < -0.4 is 4.72 Å². The number of hydrogen-bond donors (Lipinski definition) is 1. The lowest BCUT2D eigenvalue weighted by molar-refractivity contribution is 0.103. The average Bonchev–Trinajstić information content (AvgIpc) is 3.31. The maximum absolute atomic E-state index is 12.5. The Morgan fingerprint density at radius 2 is 2.07 bits per heavy atom. The molecular formula is C20H26N2O4S2. The van der Waals surface area contributed by atoms with Gasteiger partial charge in [-0.3, -0.25) is 0 Å². The van der Waals surface area contributed by atoms with Crippen LogP contribution in [0.15, 0.2) is 47.8 Å². The summed E-state index contributed by atoms with van der Waals surface area (Å²) in [5.41, 5.74) is 0.929. The van der Waals surface area contributed by atoms with Crippen LogP contribution in [0.1, 0.15) is 23.8 Å². The van der Waals surface area contributed by atoms with Crippen molar-refractivity contribution < 1.29 is 17.9 Å². The summed E-state index contributed by atoms with van der Waals surface area (Å²) in [5, 5.41) is 1.99. The standard InChI is InChI=1S/C20H26N2O4S2/c1-16(12-19-8-5-11-27-19)21-28(24,25)15-18-9-10-22(13-18)20(23)26-14-17-6-3-2-4-7-17/h2-8,11,16,18,21H,9-10,12-15H2,1H3/t16-,18-/m0/s1. The monoisotopic (exact) mass is 422 g/mol. The summed E-state index contributed by atoms with van der Waals surface area (Å²) in [7, 11) is -3.40. The van der Waals surface area contributed by atoms with Crippen molar-refractivity contribution in [1.29, 1.82) is 0 Å². The van der Waals surface area contributed by atoms with Crippen LogP contribution in [0.3, 0.4) is 0 Å². The molecule has 0 saturated carbocycles. The first-order valence-corrected chi connectivity index (χ1v) is 11.9. The van der Waals surface area contributed by atoms with Crippen LogP contribution in [0.5, 0.6) is 0 Å². The van der Waals surface area contributed by atoms with Crippen LogP contribution in [-0.2, 0) is 27.8 Å². The quantitative estimate of drug-likeness (QED) is 0.709. The van der Waals surface area contributed by atoms with E-state index >= 15 is 0 Å². The lowest BCUT2D eigenvalue weighted by atomic mass is 10.2. The maximum Gasteiger partial charge on any atom is 0.410 e. The molecular weight excluding hydrogens is 396 g/mol. The number of amides is 1. The molecule has 0 spiro atoms. The third-order valence-electron chi connectivity index (χ3n) is 4.67. The van der Waals surface area contributed by atoms with Crippen molar-refractivity contribution in [3.05, 3.63) is 58.3 Å². The minimum absolute atomic E-state index is 0.0320.